The van der Waals surface area contributed by atoms with Gasteiger partial charge in [0.05, 0.1) is 0 Å². The molecule has 0 fully saturated rings. The Morgan fingerprint density at radius 1 is 0.500 bits per heavy atom. The van der Waals surface area contributed by atoms with Gasteiger partial charge in [-0.25, -0.2) is 8.78 Å². The molecule has 0 saturated heterocycles. The quantitative estimate of drug-likeness (QED) is 0.346. The average Bonchev–Trinajstić information content (AvgIpc) is 2.48. The molecule has 0 saturated carbocycles. The molecule has 4 aromatic carbocycles. The van der Waals surface area contributed by atoms with E-state index < -0.39 is 0 Å². The van der Waals surface area contributed by atoms with Crippen LogP contribution in [0.2, 0.25) is 0 Å². The number of halogens is 2. The van der Waals surface area contributed by atoms with Crippen LogP contribution in [0.3, 0.4) is 0 Å². The van der Waals surface area contributed by atoms with E-state index in [0.717, 1.165) is 43.4 Å². The van der Waals surface area contributed by atoms with Crippen LogP contribution in [-0.2, 0) is 0 Å². The molecular weight excluding hydrogens is 278 g/mol. The minimum atomic E-state index is -0.253. The number of fused-ring (bicyclic) bond motifs is 5. The van der Waals surface area contributed by atoms with Crippen LogP contribution in [0.15, 0.2) is 48.5 Å². The van der Waals surface area contributed by atoms with Gasteiger partial charge in [-0.2, -0.15) is 0 Å². The predicted octanol–water partition coefficient (Wildman–Crippen LogP) is 6.04. The van der Waals surface area contributed by atoms with E-state index in [4.69, 9.17) is 0 Å². The number of rotatable bonds is 0. The van der Waals surface area contributed by atoms with Crippen LogP contribution in [-0.4, -0.2) is 0 Å². The number of hydrogen-bond acceptors (Lipinski definition) is 0. The van der Waals surface area contributed by atoms with Crippen molar-refractivity contribution in [2.24, 2.45) is 0 Å². The lowest BCUT2D eigenvalue weighted by atomic mass is 9.92. The van der Waals surface area contributed by atoms with Crippen LogP contribution < -0.4 is 0 Å². The van der Waals surface area contributed by atoms with Crippen LogP contribution in [0.4, 0.5) is 8.78 Å². The van der Waals surface area contributed by atoms with Gasteiger partial charge in [-0.05, 0) is 81.6 Å². The third-order valence-corrected chi connectivity index (χ3v) is 4.41. The fraction of sp³-hybridized carbons (Fsp3) is 0.100. The summed E-state index contributed by atoms with van der Waals surface area (Å²) in [5.41, 5.74) is 2.13. The summed E-state index contributed by atoms with van der Waals surface area (Å²) in [6, 6.07) is 13.8. The average molecular weight is 292 g/mol. The fourth-order valence-electron chi connectivity index (χ4n) is 3.36. The molecule has 0 amide bonds. The number of hydrogen-bond donors (Lipinski definition) is 0. The molecule has 4 aromatic rings. The van der Waals surface area contributed by atoms with E-state index in [2.05, 4.69) is 12.1 Å². The summed E-state index contributed by atoms with van der Waals surface area (Å²) >= 11 is 0. The van der Waals surface area contributed by atoms with E-state index >= 15 is 0 Å². The molecule has 0 aliphatic heterocycles. The minimum Gasteiger partial charge on any atom is -0.207 e. The van der Waals surface area contributed by atoms with Crippen molar-refractivity contribution in [3.8, 4) is 0 Å². The van der Waals surface area contributed by atoms with Gasteiger partial charge in [0.1, 0.15) is 11.6 Å². The Balaban J connectivity index is 2.34. The highest BCUT2D eigenvalue weighted by molar-refractivity contribution is 6.18. The molecular formula is C20H14F2. The lowest BCUT2D eigenvalue weighted by molar-refractivity contribution is 0.629. The van der Waals surface area contributed by atoms with Crippen molar-refractivity contribution in [1.82, 2.24) is 0 Å². The number of benzene rings is 4. The van der Waals surface area contributed by atoms with Gasteiger partial charge >= 0.3 is 0 Å². The molecule has 0 spiro atoms. The van der Waals surface area contributed by atoms with Crippen LogP contribution in [0.5, 0.6) is 0 Å². The van der Waals surface area contributed by atoms with Gasteiger partial charge in [-0.3, -0.25) is 0 Å². The van der Waals surface area contributed by atoms with E-state index in [1.165, 1.54) is 12.1 Å². The zero-order chi connectivity index (χ0) is 15.4. The van der Waals surface area contributed by atoms with Crippen LogP contribution in [0.1, 0.15) is 11.1 Å². The van der Waals surface area contributed by atoms with E-state index in [-0.39, 0.29) is 11.6 Å². The highest BCUT2D eigenvalue weighted by Gasteiger charge is 2.10. The van der Waals surface area contributed by atoms with Gasteiger partial charge in [-0.15, -0.1) is 0 Å². The van der Waals surface area contributed by atoms with Crippen LogP contribution in [0.25, 0.3) is 32.3 Å². The second-order valence-electron chi connectivity index (χ2n) is 5.86. The standard InChI is InChI=1S/C20H14F2/c1-11-7-17-18(19-9-13(21)3-5-15(11)19)8-12(2)16-6-4-14(22)10-20(16)17/h3-10H,1-2H3. The highest BCUT2D eigenvalue weighted by atomic mass is 19.1. The molecule has 0 heterocycles. The third-order valence-electron chi connectivity index (χ3n) is 4.41. The first kappa shape index (κ1) is 13.2. The Kier molecular flexibility index (Phi) is 2.70. The number of aryl methyl sites for hydroxylation is 2. The molecule has 0 aromatic heterocycles. The van der Waals surface area contributed by atoms with Crippen molar-refractivity contribution in [2.75, 3.05) is 0 Å². The van der Waals surface area contributed by atoms with Gasteiger partial charge in [0.15, 0.2) is 0 Å². The predicted molar refractivity (Wildman–Crippen MR) is 88.4 cm³/mol. The van der Waals surface area contributed by atoms with Gasteiger partial charge in [0, 0.05) is 0 Å². The summed E-state index contributed by atoms with van der Waals surface area (Å²) in [6.07, 6.45) is 0. The van der Waals surface area contributed by atoms with E-state index in [1.807, 2.05) is 26.0 Å². The topological polar surface area (TPSA) is 0 Å². The van der Waals surface area contributed by atoms with Crippen LogP contribution in [0, 0.1) is 25.5 Å². The third kappa shape index (κ3) is 1.80. The summed E-state index contributed by atoms with van der Waals surface area (Å²) in [6.45, 7) is 4.01. The zero-order valence-electron chi connectivity index (χ0n) is 12.4. The van der Waals surface area contributed by atoms with Crippen molar-refractivity contribution < 1.29 is 8.78 Å². The first-order chi connectivity index (χ1) is 10.5. The monoisotopic (exact) mass is 292 g/mol. The lowest BCUT2D eigenvalue weighted by Crippen LogP contribution is -1.89. The maximum absolute atomic E-state index is 13.7. The summed E-state index contributed by atoms with van der Waals surface area (Å²) in [7, 11) is 0. The first-order valence-electron chi connectivity index (χ1n) is 7.26. The molecule has 4 rings (SSSR count). The molecule has 0 atom stereocenters. The lowest BCUT2D eigenvalue weighted by Gasteiger charge is -2.12. The molecule has 2 heteroatoms. The van der Waals surface area contributed by atoms with Crippen molar-refractivity contribution in [3.05, 3.63) is 71.3 Å². The summed E-state index contributed by atoms with van der Waals surface area (Å²) in [5.74, 6) is -0.507. The first-order valence-corrected chi connectivity index (χ1v) is 7.26. The van der Waals surface area contributed by atoms with E-state index in [9.17, 15) is 8.78 Å². The second kappa shape index (κ2) is 4.51. The maximum Gasteiger partial charge on any atom is 0.123 e. The van der Waals surface area contributed by atoms with Crippen molar-refractivity contribution in [3.63, 3.8) is 0 Å². The Morgan fingerprint density at radius 2 is 0.864 bits per heavy atom. The van der Waals surface area contributed by atoms with Gasteiger partial charge in [-0.1, -0.05) is 24.3 Å². The zero-order valence-corrected chi connectivity index (χ0v) is 12.4. The summed E-state index contributed by atoms with van der Waals surface area (Å²) < 4.78 is 27.4. The molecule has 0 aliphatic rings. The highest BCUT2D eigenvalue weighted by Crippen LogP contribution is 2.35. The van der Waals surface area contributed by atoms with Crippen molar-refractivity contribution in [1.29, 1.82) is 0 Å². The second-order valence-corrected chi connectivity index (χ2v) is 5.86. The van der Waals surface area contributed by atoms with Gasteiger partial charge in [0.25, 0.3) is 0 Å². The van der Waals surface area contributed by atoms with Gasteiger partial charge in [0.2, 0.25) is 0 Å². The Labute approximate surface area is 127 Å². The van der Waals surface area contributed by atoms with Crippen molar-refractivity contribution in [2.45, 2.75) is 13.8 Å². The summed E-state index contributed by atoms with van der Waals surface area (Å²) in [4.78, 5) is 0. The summed E-state index contributed by atoms with van der Waals surface area (Å²) in [5, 5.41) is 5.76. The molecule has 0 radical (unpaired) electrons. The molecule has 0 unspecified atom stereocenters. The molecule has 0 bridgehead atoms. The maximum atomic E-state index is 13.7. The van der Waals surface area contributed by atoms with Gasteiger partial charge < -0.3 is 0 Å². The minimum absolute atomic E-state index is 0.253. The Bertz CT molecular complexity index is 975. The van der Waals surface area contributed by atoms with Crippen LogP contribution >= 0.6 is 0 Å². The largest absolute Gasteiger partial charge is 0.207 e. The SMILES string of the molecule is Cc1cc2c3cc(F)ccc3c(C)cc2c2cc(F)ccc12. The molecule has 0 aliphatic carbocycles. The van der Waals surface area contributed by atoms with E-state index in [1.54, 1.807) is 12.1 Å². The fourth-order valence-corrected chi connectivity index (χ4v) is 3.36. The van der Waals surface area contributed by atoms with E-state index in [0.29, 0.717) is 0 Å². The van der Waals surface area contributed by atoms with Crippen molar-refractivity contribution >= 4 is 32.3 Å². The molecule has 108 valence electrons. The normalized spacial score (nSPS) is 11.6. The molecule has 0 nitrogen and oxygen atoms in total. The molecule has 22 heavy (non-hydrogen) atoms. The Hall–Kier alpha value is -2.48. The smallest absolute Gasteiger partial charge is 0.123 e. The molecule has 0 N–H and O–H groups in total. The Morgan fingerprint density at radius 3 is 1.27 bits per heavy atom.